The molecule has 1 saturated carbocycles. The van der Waals surface area contributed by atoms with Crippen molar-refractivity contribution in [1.82, 2.24) is 4.90 Å². The largest absolute Gasteiger partial charge is 0.465 e. The van der Waals surface area contributed by atoms with Gasteiger partial charge in [0.15, 0.2) is 0 Å². The minimum atomic E-state index is -0.121. The summed E-state index contributed by atoms with van der Waals surface area (Å²) in [5.74, 6) is 0.635. The summed E-state index contributed by atoms with van der Waals surface area (Å²) in [6, 6.07) is 0. The first kappa shape index (κ1) is 37.7. The summed E-state index contributed by atoms with van der Waals surface area (Å²) >= 11 is 0. The first-order chi connectivity index (χ1) is 17.5. The molecule has 0 unspecified atom stereocenters. The Morgan fingerprint density at radius 2 is 1.30 bits per heavy atom. The van der Waals surface area contributed by atoms with Gasteiger partial charge in [0, 0.05) is 25.1 Å². The Kier molecular flexibility index (Phi) is 21.9. The van der Waals surface area contributed by atoms with Crippen LogP contribution in [0.1, 0.15) is 120 Å². The Morgan fingerprint density at radius 3 is 1.70 bits per heavy atom. The van der Waals surface area contributed by atoms with Crippen molar-refractivity contribution < 1.29 is 29.0 Å². The van der Waals surface area contributed by atoms with Crippen LogP contribution < -0.4 is 0 Å². The van der Waals surface area contributed by atoms with Crippen LogP contribution >= 0.6 is 0 Å². The second-order valence-corrected chi connectivity index (χ2v) is 11.6. The van der Waals surface area contributed by atoms with E-state index in [4.69, 9.17) is 19.4 Å². The van der Waals surface area contributed by atoms with Crippen LogP contribution in [0.2, 0.25) is 0 Å². The highest BCUT2D eigenvalue weighted by Crippen LogP contribution is 2.30. The van der Waals surface area contributed by atoms with Gasteiger partial charge in [0.25, 0.3) is 0 Å². The van der Waals surface area contributed by atoms with E-state index in [-0.39, 0.29) is 29.5 Å². The minimum absolute atomic E-state index is 0.0321. The zero-order valence-electron chi connectivity index (χ0n) is 25.4. The maximum absolute atomic E-state index is 12.4. The Hall–Kier alpha value is -1.47. The van der Waals surface area contributed by atoms with Gasteiger partial charge in [0.05, 0.1) is 19.6 Å². The molecule has 1 aliphatic carbocycles. The number of aliphatic hydroxyl groups excluding tert-OH is 1. The number of rotatable bonds is 15. The summed E-state index contributed by atoms with van der Waals surface area (Å²) in [5, 5.41) is 9.06. The molecule has 1 N–H and O–H groups in total. The fourth-order valence-electron chi connectivity index (χ4n) is 4.19. The second kappa shape index (κ2) is 21.5. The Balaban J connectivity index is 0. The third kappa shape index (κ3) is 19.3. The number of ether oxygens (including phenoxy) is 2. The highest BCUT2D eigenvalue weighted by molar-refractivity contribution is 5.69. The lowest BCUT2D eigenvalue weighted by Gasteiger charge is -2.38. The van der Waals surface area contributed by atoms with Crippen molar-refractivity contribution in [3.8, 4) is 0 Å². The topological polar surface area (TPSA) is 93.1 Å². The molecule has 0 atom stereocenters. The lowest BCUT2D eigenvalue weighted by molar-refractivity contribution is -0.148. The Morgan fingerprint density at radius 1 is 0.838 bits per heavy atom. The molecule has 0 heterocycles. The van der Waals surface area contributed by atoms with E-state index in [9.17, 15) is 9.59 Å². The van der Waals surface area contributed by atoms with E-state index in [1.165, 1.54) is 0 Å². The molecule has 0 saturated heterocycles. The maximum atomic E-state index is 12.4. The average Bonchev–Trinajstić information content (AvgIpc) is 2.89. The highest BCUT2D eigenvalue weighted by Gasteiger charge is 2.26. The first-order valence-corrected chi connectivity index (χ1v) is 14.4. The van der Waals surface area contributed by atoms with Crippen molar-refractivity contribution >= 4 is 18.7 Å². The monoisotopic (exact) mass is 529 g/mol. The molecule has 1 aliphatic rings. The molecule has 0 aliphatic heterocycles. The Bertz CT molecular complexity index is 579. The first-order valence-electron chi connectivity index (χ1n) is 14.4. The van der Waals surface area contributed by atoms with Crippen molar-refractivity contribution in [2.75, 3.05) is 32.9 Å². The van der Waals surface area contributed by atoms with Crippen LogP contribution in [0.5, 0.6) is 0 Å². The van der Waals surface area contributed by atoms with E-state index in [0.717, 1.165) is 57.9 Å². The number of carbonyl (C=O) groups excluding carboxylic acids is 3. The quantitative estimate of drug-likeness (QED) is 0.199. The normalized spacial score (nSPS) is 17.7. The number of esters is 2. The standard InChI is InChI=1S/C27H51NO5.C2H6.CH2O/c1-7-27(5,6)28(17-8-9-19-29)18-15-25(31)33-21-23-12-10-22(11-13-23)20-32-24(30)14-16-26(2,3)4;2*1-2/h22-23,29H,7-21H2,1-6H3;1-2H3;1H2. The molecular formula is C30H59NO6. The number of aliphatic hydroxyl groups is 1. The molecule has 0 amide bonds. The number of carbonyl (C=O) groups is 3. The molecule has 0 bridgehead atoms. The van der Waals surface area contributed by atoms with E-state index in [2.05, 4.69) is 46.4 Å². The fourth-order valence-corrected chi connectivity index (χ4v) is 4.19. The van der Waals surface area contributed by atoms with Gasteiger partial charge in [-0.05, 0) is 89.0 Å². The molecular weight excluding hydrogens is 470 g/mol. The molecule has 1 rings (SSSR count). The van der Waals surface area contributed by atoms with Gasteiger partial charge in [-0.15, -0.1) is 0 Å². The van der Waals surface area contributed by atoms with Crippen LogP contribution in [0.25, 0.3) is 0 Å². The predicted molar refractivity (Wildman–Crippen MR) is 151 cm³/mol. The lowest BCUT2D eigenvalue weighted by atomic mass is 9.83. The van der Waals surface area contributed by atoms with Crippen molar-refractivity contribution in [3.63, 3.8) is 0 Å². The summed E-state index contributed by atoms with van der Waals surface area (Å²) in [6.45, 7) is 21.8. The van der Waals surface area contributed by atoms with Crippen LogP contribution in [-0.2, 0) is 23.9 Å². The van der Waals surface area contributed by atoms with E-state index in [1.807, 2.05) is 20.6 Å². The molecule has 7 heteroatoms. The number of unbranched alkanes of at least 4 members (excludes halogenated alkanes) is 1. The molecule has 0 aromatic carbocycles. The molecule has 0 spiro atoms. The zero-order chi connectivity index (χ0) is 28.9. The van der Waals surface area contributed by atoms with Gasteiger partial charge in [-0.1, -0.05) is 41.5 Å². The number of nitrogens with zero attached hydrogens (tertiary/aromatic N) is 1. The van der Waals surface area contributed by atoms with Crippen LogP contribution in [0.4, 0.5) is 0 Å². The summed E-state index contributed by atoms with van der Waals surface area (Å²) in [6.07, 6.45) is 8.57. The van der Waals surface area contributed by atoms with Crippen LogP contribution in [0.3, 0.4) is 0 Å². The van der Waals surface area contributed by atoms with Crippen LogP contribution in [-0.4, -0.2) is 67.2 Å². The van der Waals surface area contributed by atoms with Crippen LogP contribution in [0.15, 0.2) is 0 Å². The van der Waals surface area contributed by atoms with Crippen molar-refractivity contribution in [1.29, 1.82) is 0 Å². The zero-order valence-corrected chi connectivity index (χ0v) is 25.4. The maximum Gasteiger partial charge on any atom is 0.307 e. The predicted octanol–water partition coefficient (Wildman–Crippen LogP) is 6.20. The Labute approximate surface area is 228 Å². The minimum Gasteiger partial charge on any atom is -0.465 e. The molecule has 0 aromatic heterocycles. The summed E-state index contributed by atoms with van der Waals surface area (Å²) in [7, 11) is 0. The molecule has 0 aromatic rings. The van der Waals surface area contributed by atoms with Gasteiger partial charge < -0.3 is 19.4 Å². The van der Waals surface area contributed by atoms with Gasteiger partial charge in [-0.3, -0.25) is 14.5 Å². The average molecular weight is 530 g/mol. The van der Waals surface area contributed by atoms with E-state index in [1.54, 1.807) is 0 Å². The third-order valence-electron chi connectivity index (χ3n) is 7.15. The second-order valence-electron chi connectivity index (χ2n) is 11.6. The SMILES string of the molecule is C=O.CC.CCC(C)(C)N(CCCCO)CCC(=O)OCC1CCC(COC(=O)CCC(C)(C)C)CC1. The van der Waals surface area contributed by atoms with Gasteiger partial charge in [-0.25, -0.2) is 0 Å². The summed E-state index contributed by atoms with van der Waals surface area (Å²) < 4.78 is 11.1. The van der Waals surface area contributed by atoms with Crippen LogP contribution in [0, 0.1) is 17.3 Å². The van der Waals surface area contributed by atoms with Crippen molar-refractivity contribution in [2.24, 2.45) is 17.3 Å². The molecule has 7 nitrogen and oxygen atoms in total. The smallest absolute Gasteiger partial charge is 0.307 e. The summed E-state index contributed by atoms with van der Waals surface area (Å²) in [5.41, 5.74) is 0.184. The number of hydrogen-bond donors (Lipinski definition) is 1. The fraction of sp³-hybridized carbons (Fsp3) is 0.900. The highest BCUT2D eigenvalue weighted by atomic mass is 16.5. The van der Waals surface area contributed by atoms with Gasteiger partial charge >= 0.3 is 11.9 Å². The van der Waals surface area contributed by atoms with E-state index >= 15 is 0 Å². The van der Waals surface area contributed by atoms with Gasteiger partial charge in [0.1, 0.15) is 6.79 Å². The van der Waals surface area contributed by atoms with Gasteiger partial charge in [0.2, 0.25) is 0 Å². The molecule has 0 radical (unpaired) electrons. The van der Waals surface area contributed by atoms with E-state index in [0.29, 0.717) is 44.4 Å². The van der Waals surface area contributed by atoms with Crippen molar-refractivity contribution in [3.05, 3.63) is 0 Å². The lowest BCUT2D eigenvalue weighted by Crippen LogP contribution is -2.45. The molecule has 220 valence electrons. The molecule has 37 heavy (non-hydrogen) atoms. The van der Waals surface area contributed by atoms with Gasteiger partial charge in [-0.2, -0.15) is 0 Å². The summed E-state index contributed by atoms with van der Waals surface area (Å²) in [4.78, 5) is 34.7. The van der Waals surface area contributed by atoms with Crippen molar-refractivity contribution in [2.45, 2.75) is 125 Å². The third-order valence-corrected chi connectivity index (χ3v) is 7.15. The molecule has 1 fully saturated rings. The number of hydrogen-bond acceptors (Lipinski definition) is 7. The van der Waals surface area contributed by atoms with E-state index < -0.39 is 0 Å².